The minimum atomic E-state index is -0.938. The van der Waals surface area contributed by atoms with Crippen molar-refractivity contribution < 1.29 is 14.3 Å². The highest BCUT2D eigenvalue weighted by Gasteiger charge is 2.25. The van der Waals surface area contributed by atoms with Crippen molar-refractivity contribution in [3.8, 4) is 11.1 Å². The van der Waals surface area contributed by atoms with Gasteiger partial charge in [-0.15, -0.1) is 0 Å². The zero-order valence-electron chi connectivity index (χ0n) is 20.3. The number of amides is 1. The Labute approximate surface area is 208 Å². The van der Waals surface area contributed by atoms with Crippen LogP contribution >= 0.6 is 11.6 Å². The molecule has 1 aromatic heterocycles. The van der Waals surface area contributed by atoms with Crippen LogP contribution in [0.2, 0.25) is 5.02 Å². The monoisotopic (exact) mass is 497 g/mol. The Morgan fingerprint density at radius 1 is 1.06 bits per heavy atom. The van der Waals surface area contributed by atoms with Crippen molar-refractivity contribution in [2.45, 2.75) is 32.7 Å². The number of nitrogens with zero attached hydrogens (tertiary/aromatic N) is 2. The lowest BCUT2D eigenvalue weighted by Gasteiger charge is -2.19. The Morgan fingerprint density at radius 3 is 2.31 bits per heavy atom. The van der Waals surface area contributed by atoms with Crippen LogP contribution in [0.5, 0.6) is 0 Å². The molecule has 1 amide bonds. The first-order valence-corrected chi connectivity index (χ1v) is 11.5. The molecule has 0 aliphatic heterocycles. The van der Waals surface area contributed by atoms with Gasteiger partial charge in [-0.25, -0.2) is 9.59 Å². The van der Waals surface area contributed by atoms with E-state index in [1.165, 1.54) is 18.7 Å². The first-order chi connectivity index (χ1) is 16.6. The van der Waals surface area contributed by atoms with E-state index in [1.54, 1.807) is 50.4 Å². The molecular weight excluding hydrogens is 470 g/mol. The average molecular weight is 498 g/mol. The number of carbonyl (C=O) groups is 2. The van der Waals surface area contributed by atoms with Gasteiger partial charge in [0.2, 0.25) is 0 Å². The predicted molar refractivity (Wildman–Crippen MR) is 135 cm³/mol. The molecule has 0 bridgehead atoms. The fourth-order valence-corrected chi connectivity index (χ4v) is 4.28. The highest BCUT2D eigenvalue weighted by atomic mass is 35.5. The van der Waals surface area contributed by atoms with Gasteiger partial charge in [0, 0.05) is 26.2 Å². The van der Waals surface area contributed by atoms with Gasteiger partial charge in [0.25, 0.3) is 11.5 Å². The minimum absolute atomic E-state index is 0.175. The fourth-order valence-electron chi connectivity index (χ4n) is 4.00. The third kappa shape index (κ3) is 5.22. The number of halogens is 1. The average Bonchev–Trinajstić information content (AvgIpc) is 2.86. The Kier molecular flexibility index (Phi) is 7.96. The zero-order valence-corrected chi connectivity index (χ0v) is 21.1. The number of hydrogen-bond acceptors (Lipinski definition) is 5. The molecule has 0 saturated carbocycles. The van der Waals surface area contributed by atoms with Crippen molar-refractivity contribution in [2.24, 2.45) is 14.1 Å². The van der Waals surface area contributed by atoms with Crippen molar-refractivity contribution in [3.05, 3.63) is 90.7 Å². The SMILES string of the molecule is CCc1cccc(Cl)c1C(=O)NC(Cc1ccc(-c2c(C)n(C)c(=O)n(C)c2=O)cc1)C(=O)OC. The fraction of sp³-hybridized carbons (Fsp3) is 0.308. The van der Waals surface area contributed by atoms with Gasteiger partial charge >= 0.3 is 11.7 Å². The Balaban J connectivity index is 1.89. The summed E-state index contributed by atoms with van der Waals surface area (Å²) in [5.41, 5.74) is 2.70. The standard InChI is InChI=1S/C26H28ClN3O5/c1-6-17-8-7-9-19(27)22(17)23(31)28-20(25(33)35-5)14-16-10-12-18(13-11-16)21-15(2)29(3)26(34)30(4)24(21)32/h7-13,20H,6,14H2,1-5H3,(H,28,31). The number of methoxy groups -OCH3 is 1. The summed E-state index contributed by atoms with van der Waals surface area (Å²) in [5.74, 6) is -1.04. The zero-order chi connectivity index (χ0) is 25.9. The van der Waals surface area contributed by atoms with Gasteiger partial charge in [0.05, 0.1) is 23.3 Å². The second-order valence-electron chi connectivity index (χ2n) is 8.24. The van der Waals surface area contributed by atoms with Gasteiger partial charge < -0.3 is 14.6 Å². The Bertz CT molecular complexity index is 1390. The molecule has 2 aromatic carbocycles. The van der Waals surface area contributed by atoms with E-state index >= 15 is 0 Å². The summed E-state index contributed by atoms with van der Waals surface area (Å²) in [7, 11) is 4.31. The van der Waals surface area contributed by atoms with Gasteiger partial charge in [-0.1, -0.05) is 54.9 Å². The number of ether oxygens (including phenoxy) is 1. The number of carbonyl (C=O) groups excluding carboxylic acids is 2. The smallest absolute Gasteiger partial charge is 0.330 e. The molecule has 1 heterocycles. The van der Waals surface area contributed by atoms with E-state index in [0.29, 0.717) is 33.8 Å². The molecule has 0 fully saturated rings. The van der Waals surface area contributed by atoms with Crippen LogP contribution in [0, 0.1) is 6.92 Å². The molecule has 3 aromatic rings. The molecule has 0 aliphatic rings. The van der Waals surface area contributed by atoms with Crippen LogP contribution in [-0.4, -0.2) is 34.2 Å². The van der Waals surface area contributed by atoms with E-state index in [1.807, 2.05) is 13.0 Å². The van der Waals surface area contributed by atoms with E-state index in [9.17, 15) is 19.2 Å². The molecule has 0 radical (unpaired) electrons. The molecule has 0 saturated heterocycles. The van der Waals surface area contributed by atoms with Crippen LogP contribution < -0.4 is 16.6 Å². The number of benzene rings is 2. The van der Waals surface area contributed by atoms with Crippen molar-refractivity contribution in [2.75, 3.05) is 7.11 Å². The molecule has 9 heteroatoms. The van der Waals surface area contributed by atoms with Gasteiger partial charge in [0.1, 0.15) is 6.04 Å². The lowest BCUT2D eigenvalue weighted by atomic mass is 9.99. The lowest BCUT2D eigenvalue weighted by Crippen LogP contribution is -2.43. The summed E-state index contributed by atoms with van der Waals surface area (Å²) >= 11 is 6.27. The summed E-state index contributed by atoms with van der Waals surface area (Å²) in [6, 6.07) is 11.3. The molecule has 184 valence electrons. The van der Waals surface area contributed by atoms with E-state index < -0.39 is 23.6 Å². The Morgan fingerprint density at radius 2 is 1.71 bits per heavy atom. The first kappa shape index (κ1) is 26.0. The van der Waals surface area contributed by atoms with Gasteiger partial charge in [0.15, 0.2) is 0 Å². The molecule has 1 atom stereocenters. The van der Waals surface area contributed by atoms with Crippen LogP contribution in [-0.2, 0) is 36.5 Å². The molecular formula is C26H28ClN3O5. The molecule has 1 unspecified atom stereocenters. The predicted octanol–water partition coefficient (Wildman–Crippen LogP) is 2.79. The quantitative estimate of drug-likeness (QED) is 0.506. The van der Waals surface area contributed by atoms with Crippen molar-refractivity contribution in [1.82, 2.24) is 14.5 Å². The van der Waals surface area contributed by atoms with E-state index in [-0.39, 0.29) is 12.0 Å². The van der Waals surface area contributed by atoms with Gasteiger partial charge in [-0.05, 0) is 36.1 Å². The van der Waals surface area contributed by atoms with E-state index in [4.69, 9.17) is 16.3 Å². The molecule has 35 heavy (non-hydrogen) atoms. The molecule has 0 aliphatic carbocycles. The number of hydrogen-bond donors (Lipinski definition) is 1. The topological polar surface area (TPSA) is 99.4 Å². The molecule has 1 N–H and O–H groups in total. The molecule has 3 rings (SSSR count). The summed E-state index contributed by atoms with van der Waals surface area (Å²) in [6.45, 7) is 3.63. The van der Waals surface area contributed by atoms with Crippen molar-refractivity contribution in [3.63, 3.8) is 0 Å². The molecule has 0 spiro atoms. The summed E-state index contributed by atoms with van der Waals surface area (Å²) < 4.78 is 7.40. The van der Waals surface area contributed by atoms with Gasteiger partial charge in [-0.3, -0.25) is 14.2 Å². The van der Waals surface area contributed by atoms with Crippen LogP contribution in [0.15, 0.2) is 52.1 Å². The normalized spacial score (nSPS) is 11.7. The number of nitrogens with one attached hydrogen (secondary N) is 1. The van der Waals surface area contributed by atoms with E-state index in [0.717, 1.165) is 15.7 Å². The summed E-state index contributed by atoms with van der Waals surface area (Å²) in [6.07, 6.45) is 0.784. The summed E-state index contributed by atoms with van der Waals surface area (Å²) in [5, 5.41) is 3.05. The highest BCUT2D eigenvalue weighted by molar-refractivity contribution is 6.34. The third-order valence-electron chi connectivity index (χ3n) is 6.14. The number of aryl methyl sites for hydroxylation is 1. The van der Waals surface area contributed by atoms with Crippen molar-refractivity contribution in [1.29, 1.82) is 0 Å². The minimum Gasteiger partial charge on any atom is -0.467 e. The second-order valence-corrected chi connectivity index (χ2v) is 8.65. The molecule has 8 nitrogen and oxygen atoms in total. The maximum absolute atomic E-state index is 13.0. The maximum Gasteiger partial charge on any atom is 0.330 e. The van der Waals surface area contributed by atoms with Crippen LogP contribution in [0.25, 0.3) is 11.1 Å². The van der Waals surface area contributed by atoms with Gasteiger partial charge in [-0.2, -0.15) is 0 Å². The van der Waals surface area contributed by atoms with Crippen molar-refractivity contribution >= 4 is 23.5 Å². The largest absolute Gasteiger partial charge is 0.467 e. The van der Waals surface area contributed by atoms with Crippen LogP contribution in [0.4, 0.5) is 0 Å². The van der Waals surface area contributed by atoms with Crippen LogP contribution in [0.3, 0.4) is 0 Å². The second kappa shape index (κ2) is 10.7. The highest BCUT2D eigenvalue weighted by Crippen LogP contribution is 2.22. The number of aromatic nitrogens is 2. The lowest BCUT2D eigenvalue weighted by molar-refractivity contribution is -0.142. The third-order valence-corrected chi connectivity index (χ3v) is 6.45. The first-order valence-electron chi connectivity index (χ1n) is 11.1. The number of rotatable bonds is 7. The van der Waals surface area contributed by atoms with E-state index in [2.05, 4.69) is 5.32 Å². The maximum atomic E-state index is 13.0. The van der Waals surface area contributed by atoms with Crippen LogP contribution in [0.1, 0.15) is 34.1 Å². The Hall–Kier alpha value is -3.65. The summed E-state index contributed by atoms with van der Waals surface area (Å²) in [4.78, 5) is 50.3. The number of esters is 1.